The molecule has 3 fully saturated rings. The van der Waals surface area contributed by atoms with Crippen molar-refractivity contribution in [1.82, 2.24) is 9.80 Å². The summed E-state index contributed by atoms with van der Waals surface area (Å²) in [6.07, 6.45) is 6.87. The molecule has 0 radical (unpaired) electrons. The maximum absolute atomic E-state index is 13.4. The molecule has 1 aromatic rings. The molecule has 27 heavy (non-hydrogen) atoms. The van der Waals surface area contributed by atoms with Crippen LogP contribution < -0.4 is 5.73 Å². The number of carbonyl (C=O) groups is 1. The Morgan fingerprint density at radius 3 is 2.48 bits per heavy atom. The number of rotatable bonds is 3. The second-order valence-electron chi connectivity index (χ2n) is 9.15. The summed E-state index contributed by atoms with van der Waals surface area (Å²) in [5.74, 6) is 1.77. The Balaban J connectivity index is 1.38. The fraction of sp³-hybridized carbons (Fsp3) is 0.696. The van der Waals surface area contributed by atoms with Crippen molar-refractivity contribution in [3.8, 4) is 0 Å². The van der Waals surface area contributed by atoms with Gasteiger partial charge in [-0.3, -0.25) is 9.69 Å². The lowest BCUT2D eigenvalue weighted by atomic mass is 9.65. The van der Waals surface area contributed by atoms with E-state index in [9.17, 15) is 4.79 Å². The third-order valence-electron chi connectivity index (χ3n) is 7.22. The number of fused-ring (bicyclic) bond motifs is 2. The van der Waals surface area contributed by atoms with E-state index in [0.29, 0.717) is 29.8 Å². The van der Waals surface area contributed by atoms with Gasteiger partial charge in [-0.05, 0) is 56.4 Å². The number of hydrogen-bond acceptors (Lipinski definition) is 3. The van der Waals surface area contributed by atoms with E-state index in [2.05, 4.69) is 47.1 Å². The molecule has 2 aliphatic carbocycles. The Morgan fingerprint density at radius 2 is 1.78 bits per heavy atom. The zero-order chi connectivity index (χ0) is 18.8. The molecular weight excluding hydrogens is 334 g/mol. The van der Waals surface area contributed by atoms with Crippen LogP contribution in [-0.4, -0.2) is 47.4 Å². The minimum absolute atomic E-state index is 0.211. The molecular formula is C23H35N3O. The van der Waals surface area contributed by atoms with Gasteiger partial charge in [-0.15, -0.1) is 0 Å². The number of benzene rings is 1. The highest BCUT2D eigenvalue weighted by molar-refractivity contribution is 5.79. The molecule has 148 valence electrons. The van der Waals surface area contributed by atoms with Crippen LogP contribution in [0.4, 0.5) is 0 Å². The average Bonchev–Trinajstić information content (AvgIpc) is 2.83. The summed E-state index contributed by atoms with van der Waals surface area (Å²) in [5, 5.41) is 0. The molecule has 1 heterocycles. The van der Waals surface area contributed by atoms with E-state index in [1.54, 1.807) is 0 Å². The first kappa shape index (κ1) is 18.9. The summed E-state index contributed by atoms with van der Waals surface area (Å²) in [7, 11) is 0. The number of carbonyl (C=O) groups excluding carboxylic acids is 1. The van der Waals surface area contributed by atoms with Gasteiger partial charge in [0.1, 0.15) is 0 Å². The quantitative estimate of drug-likeness (QED) is 0.890. The molecule has 4 heteroatoms. The van der Waals surface area contributed by atoms with Gasteiger partial charge in [0.05, 0.1) is 0 Å². The minimum atomic E-state index is 0.211. The zero-order valence-electron chi connectivity index (χ0n) is 16.7. The van der Waals surface area contributed by atoms with Gasteiger partial charge in [0.2, 0.25) is 5.91 Å². The van der Waals surface area contributed by atoms with Crippen LogP contribution in [0.1, 0.15) is 51.0 Å². The van der Waals surface area contributed by atoms with Gasteiger partial charge >= 0.3 is 0 Å². The number of nitrogens with zero attached hydrogens (tertiary/aromatic N) is 2. The molecule has 3 atom stereocenters. The van der Waals surface area contributed by atoms with Gasteiger partial charge in [0.15, 0.2) is 0 Å². The van der Waals surface area contributed by atoms with Crippen molar-refractivity contribution in [2.24, 2.45) is 23.5 Å². The van der Waals surface area contributed by atoms with Crippen LogP contribution in [0.2, 0.25) is 0 Å². The van der Waals surface area contributed by atoms with Crippen LogP contribution in [0, 0.1) is 17.8 Å². The first-order chi connectivity index (χ1) is 13.1. The molecule has 2 saturated carbocycles. The summed E-state index contributed by atoms with van der Waals surface area (Å²) in [6, 6.07) is 11.3. The van der Waals surface area contributed by atoms with E-state index < -0.39 is 0 Å². The lowest BCUT2D eigenvalue weighted by Gasteiger charge is -2.45. The van der Waals surface area contributed by atoms with Crippen LogP contribution in [0.3, 0.4) is 0 Å². The van der Waals surface area contributed by atoms with E-state index in [0.717, 1.165) is 45.4 Å². The average molecular weight is 370 g/mol. The Hall–Kier alpha value is -1.39. The topological polar surface area (TPSA) is 49.6 Å². The molecule has 3 aliphatic rings. The second-order valence-corrected chi connectivity index (χ2v) is 9.15. The largest absolute Gasteiger partial charge is 0.338 e. The fourth-order valence-corrected chi connectivity index (χ4v) is 5.79. The number of hydrogen-bond donors (Lipinski definition) is 1. The molecule has 1 aromatic carbocycles. The van der Waals surface area contributed by atoms with E-state index >= 15 is 0 Å². The van der Waals surface area contributed by atoms with E-state index in [-0.39, 0.29) is 5.92 Å². The molecule has 1 saturated heterocycles. The molecule has 3 unspecified atom stereocenters. The molecule has 2 N–H and O–H groups in total. The van der Waals surface area contributed by atoms with E-state index in [1.807, 2.05) is 0 Å². The highest BCUT2D eigenvalue weighted by atomic mass is 16.2. The molecule has 2 bridgehead atoms. The lowest BCUT2D eigenvalue weighted by molar-refractivity contribution is -0.140. The van der Waals surface area contributed by atoms with Crippen LogP contribution in [0.5, 0.6) is 0 Å². The van der Waals surface area contributed by atoms with Crippen molar-refractivity contribution < 1.29 is 4.79 Å². The van der Waals surface area contributed by atoms with Crippen molar-refractivity contribution in [1.29, 1.82) is 0 Å². The van der Waals surface area contributed by atoms with Gasteiger partial charge in [0, 0.05) is 44.2 Å². The Kier molecular flexibility index (Phi) is 5.84. The molecule has 4 rings (SSSR count). The number of amides is 1. The van der Waals surface area contributed by atoms with E-state index in [4.69, 9.17) is 5.73 Å². The van der Waals surface area contributed by atoms with Gasteiger partial charge < -0.3 is 10.6 Å². The minimum Gasteiger partial charge on any atom is -0.338 e. The first-order valence-electron chi connectivity index (χ1n) is 10.9. The fourth-order valence-electron chi connectivity index (χ4n) is 5.79. The van der Waals surface area contributed by atoms with Crippen molar-refractivity contribution in [3.63, 3.8) is 0 Å². The summed E-state index contributed by atoms with van der Waals surface area (Å²) >= 11 is 0. The Labute approximate surface area is 164 Å². The standard InChI is InChI=1S/C23H35N3O/c1-17-15-25(16-18-7-3-2-4-8-18)11-6-12-26(17)23(27)21-13-19-9-5-10-20(14-21)22(19)24/h2-4,7-8,17,19-22H,5-6,9-16,24H2,1H3. The SMILES string of the molecule is CC1CN(Cc2ccccc2)CCCN1C(=O)C1CC2CCCC(C1)C2N. The lowest BCUT2D eigenvalue weighted by Crippen LogP contribution is -2.51. The van der Waals surface area contributed by atoms with Crippen LogP contribution in [0.15, 0.2) is 30.3 Å². The highest BCUT2D eigenvalue weighted by Gasteiger charge is 2.42. The summed E-state index contributed by atoms with van der Waals surface area (Å²) < 4.78 is 0. The van der Waals surface area contributed by atoms with Crippen molar-refractivity contribution in [2.75, 3.05) is 19.6 Å². The third kappa shape index (κ3) is 4.22. The van der Waals surface area contributed by atoms with E-state index in [1.165, 1.54) is 24.8 Å². The maximum Gasteiger partial charge on any atom is 0.225 e. The molecule has 1 amide bonds. The summed E-state index contributed by atoms with van der Waals surface area (Å²) in [5.41, 5.74) is 7.80. The van der Waals surface area contributed by atoms with Crippen LogP contribution >= 0.6 is 0 Å². The molecule has 0 aromatic heterocycles. The molecule has 0 spiro atoms. The van der Waals surface area contributed by atoms with Crippen LogP contribution in [0.25, 0.3) is 0 Å². The predicted octanol–water partition coefficient (Wildman–Crippen LogP) is 3.26. The summed E-state index contributed by atoms with van der Waals surface area (Å²) in [6.45, 7) is 6.17. The zero-order valence-corrected chi connectivity index (χ0v) is 16.7. The monoisotopic (exact) mass is 369 g/mol. The predicted molar refractivity (Wildman–Crippen MR) is 109 cm³/mol. The Morgan fingerprint density at radius 1 is 1.07 bits per heavy atom. The van der Waals surface area contributed by atoms with Crippen LogP contribution in [-0.2, 0) is 11.3 Å². The number of nitrogens with two attached hydrogens (primary N) is 1. The second kappa shape index (κ2) is 8.32. The van der Waals surface area contributed by atoms with Crippen molar-refractivity contribution in [3.05, 3.63) is 35.9 Å². The highest BCUT2D eigenvalue weighted by Crippen LogP contribution is 2.42. The van der Waals surface area contributed by atoms with Gasteiger partial charge in [-0.1, -0.05) is 36.8 Å². The molecule has 1 aliphatic heterocycles. The summed E-state index contributed by atoms with van der Waals surface area (Å²) in [4.78, 5) is 18.1. The normalized spacial score (nSPS) is 34.9. The third-order valence-corrected chi connectivity index (χ3v) is 7.22. The van der Waals surface area contributed by atoms with Gasteiger partial charge in [-0.25, -0.2) is 0 Å². The van der Waals surface area contributed by atoms with Gasteiger partial charge in [-0.2, -0.15) is 0 Å². The first-order valence-corrected chi connectivity index (χ1v) is 10.9. The molecule has 4 nitrogen and oxygen atoms in total. The van der Waals surface area contributed by atoms with Gasteiger partial charge in [0.25, 0.3) is 0 Å². The Bertz CT molecular complexity index is 620. The van der Waals surface area contributed by atoms with Crippen molar-refractivity contribution >= 4 is 5.91 Å². The van der Waals surface area contributed by atoms with Crippen molar-refractivity contribution in [2.45, 2.75) is 64.1 Å². The maximum atomic E-state index is 13.4. The smallest absolute Gasteiger partial charge is 0.225 e.